The molecule has 1 atom stereocenters. The number of nitrogens with two attached hydrogens (primary N) is 2. The van der Waals surface area contributed by atoms with Gasteiger partial charge in [0.2, 0.25) is 0 Å². The third-order valence-electron chi connectivity index (χ3n) is 0. The van der Waals surface area contributed by atoms with Crippen LogP contribution in [0.2, 0.25) is 0 Å². The first kappa shape index (κ1) is 9.13. The summed E-state index contributed by atoms with van der Waals surface area (Å²) < 4.78 is 9.19. The Morgan fingerprint density at radius 2 is 1.40 bits per heavy atom. The molecule has 0 bridgehead atoms. The molecule has 5 heavy (non-hydrogen) atoms. The highest BCUT2D eigenvalue weighted by Gasteiger charge is 1.56. The molecule has 0 amide bonds. The zero-order valence-electron chi connectivity index (χ0n) is 2.77. The molecule has 0 saturated heterocycles. The molecule has 34 valence electrons. The van der Waals surface area contributed by atoms with E-state index < -0.39 is 8.10 Å². The third-order valence-corrected chi connectivity index (χ3v) is 0. The molecule has 5 heteroatoms. The summed E-state index contributed by atoms with van der Waals surface area (Å²) in [7, 11) is -2.13. The Bertz CT molecular complexity index is 30.6. The Hall–Kier alpha value is 0.580. The minimum Gasteiger partial charge on any atom is -0.293 e. The Morgan fingerprint density at radius 1 is 1.40 bits per heavy atom. The number of rotatable bonds is 0. The predicted molar refractivity (Wildman–Crippen MR) is 28.5 cm³/mol. The summed E-state index contributed by atoms with van der Waals surface area (Å²) in [5.41, 5.74) is 8.87. The van der Waals surface area contributed by atoms with Crippen molar-refractivity contribution in [1.29, 1.82) is 0 Å². The van der Waals surface area contributed by atoms with E-state index in [2.05, 4.69) is 11.0 Å². The summed E-state index contributed by atoms with van der Waals surface area (Å²) in [6.07, 6.45) is 0. The van der Waals surface area contributed by atoms with E-state index in [0.717, 1.165) is 0 Å². The second-order valence-electron chi connectivity index (χ2n) is 0.402. The van der Waals surface area contributed by atoms with Crippen molar-refractivity contribution in [3.05, 3.63) is 0 Å². The van der Waals surface area contributed by atoms with Crippen LogP contribution in [0.3, 0.4) is 0 Å². The van der Waals surface area contributed by atoms with Crippen molar-refractivity contribution in [1.82, 2.24) is 0 Å². The maximum Gasteiger partial charge on any atom is 0.194 e. The Kier molecular flexibility index (Phi) is 8.37. The topological polar surface area (TPSA) is 69.1 Å². The minimum atomic E-state index is -2.13. The summed E-state index contributed by atoms with van der Waals surface area (Å²) in [5, 5.41) is 0. The summed E-state index contributed by atoms with van der Waals surface area (Å²) in [6, 6.07) is 0. The monoisotopic (exact) mass is 114 g/mol. The fraction of sp³-hybridized carbons (Fsp3) is 0. The van der Waals surface area contributed by atoms with Crippen LogP contribution < -0.4 is 11.0 Å². The van der Waals surface area contributed by atoms with E-state index in [1.807, 2.05) is 0 Å². The van der Waals surface area contributed by atoms with E-state index >= 15 is 0 Å². The minimum absolute atomic E-state index is 0. The maximum atomic E-state index is 9.19. The van der Waals surface area contributed by atoms with Crippen molar-refractivity contribution < 1.29 is 4.57 Å². The van der Waals surface area contributed by atoms with Gasteiger partial charge in [0, 0.05) is 0 Å². The van der Waals surface area contributed by atoms with Gasteiger partial charge in [-0.15, -0.1) is 0 Å². The van der Waals surface area contributed by atoms with Crippen molar-refractivity contribution in [3.63, 3.8) is 0 Å². The third kappa shape index (κ3) is 90.6. The van der Waals surface area contributed by atoms with Gasteiger partial charge in [-0.1, -0.05) is 0 Å². The van der Waals surface area contributed by atoms with E-state index in [1.54, 1.807) is 0 Å². The van der Waals surface area contributed by atoms with Crippen LogP contribution in [0, 0.1) is 0 Å². The highest BCUT2D eigenvalue weighted by Crippen LogP contribution is 1.82. The zero-order valence-corrected chi connectivity index (χ0v) is 5.18. The van der Waals surface area contributed by atoms with Crippen molar-refractivity contribution in [2.24, 2.45) is 11.0 Å². The lowest BCUT2D eigenvalue weighted by Gasteiger charge is -1.64. The fourth-order valence-electron chi connectivity index (χ4n) is 0. The van der Waals surface area contributed by atoms with Crippen LogP contribution in [-0.2, 0) is 4.57 Å². The van der Waals surface area contributed by atoms with Gasteiger partial charge in [-0.25, -0.2) is 0 Å². The maximum absolute atomic E-state index is 9.19. The zero-order chi connectivity index (χ0) is 3.58. The van der Waals surface area contributed by atoms with Crippen LogP contribution in [0.4, 0.5) is 0 Å². The van der Waals surface area contributed by atoms with Gasteiger partial charge in [0.15, 0.2) is 8.10 Å². The molecular weight excluding hydrogens is 106 g/mol. The molecule has 0 aromatic carbocycles. The molecule has 0 heterocycles. The SMILES string of the molecule is N[PH](N)=O.P. The van der Waals surface area contributed by atoms with Crippen molar-refractivity contribution in [2.75, 3.05) is 0 Å². The molecule has 0 aliphatic carbocycles. The molecule has 0 aliphatic heterocycles. The van der Waals surface area contributed by atoms with Crippen LogP contribution in [0.1, 0.15) is 0 Å². The molecule has 0 spiro atoms. The average molecular weight is 114 g/mol. The first-order chi connectivity index (χ1) is 1.73. The molecule has 0 aliphatic rings. The second-order valence-corrected chi connectivity index (χ2v) is 1.21. The lowest BCUT2D eigenvalue weighted by Crippen LogP contribution is -1.84. The first-order valence-corrected chi connectivity index (χ1v) is 2.34. The predicted octanol–water partition coefficient (Wildman–Crippen LogP) is -0.648. The Balaban J connectivity index is 0. The first-order valence-electron chi connectivity index (χ1n) is 0.781. The average Bonchev–Trinajstić information content (AvgIpc) is 0.811. The number of hydrogen-bond donors (Lipinski definition) is 2. The standard InChI is InChI=1S/H5N2OP.H3P/c1-4(2)3;/h4H,(H4,1,2,3);1H3. The Labute approximate surface area is 34.6 Å². The molecule has 0 radical (unpaired) electrons. The van der Waals surface area contributed by atoms with Crippen LogP contribution in [0.25, 0.3) is 0 Å². The molecule has 0 fully saturated rings. The summed E-state index contributed by atoms with van der Waals surface area (Å²) in [6.45, 7) is 0. The van der Waals surface area contributed by atoms with E-state index in [9.17, 15) is 4.57 Å². The summed E-state index contributed by atoms with van der Waals surface area (Å²) in [4.78, 5) is 0. The van der Waals surface area contributed by atoms with Crippen molar-refractivity contribution in [2.45, 2.75) is 0 Å². The van der Waals surface area contributed by atoms with Gasteiger partial charge in [0.05, 0.1) is 0 Å². The summed E-state index contributed by atoms with van der Waals surface area (Å²) >= 11 is 0. The highest BCUT2D eigenvalue weighted by molar-refractivity contribution is 7.39. The quantitative estimate of drug-likeness (QED) is 0.411. The summed E-state index contributed by atoms with van der Waals surface area (Å²) in [5.74, 6) is 0. The molecule has 0 saturated carbocycles. The number of hydrogen-bond acceptors (Lipinski definition) is 1. The van der Waals surface area contributed by atoms with Gasteiger partial charge in [0.25, 0.3) is 0 Å². The van der Waals surface area contributed by atoms with E-state index in [0.29, 0.717) is 0 Å². The molecule has 1 unspecified atom stereocenters. The Morgan fingerprint density at radius 3 is 1.40 bits per heavy atom. The van der Waals surface area contributed by atoms with Gasteiger partial charge in [0.1, 0.15) is 0 Å². The van der Waals surface area contributed by atoms with Gasteiger partial charge in [-0.3, -0.25) is 15.6 Å². The lowest BCUT2D eigenvalue weighted by molar-refractivity contribution is 0.589. The van der Waals surface area contributed by atoms with Crippen molar-refractivity contribution >= 4 is 18.0 Å². The molecule has 0 rings (SSSR count). The van der Waals surface area contributed by atoms with Gasteiger partial charge in [-0.2, -0.15) is 9.90 Å². The fourth-order valence-corrected chi connectivity index (χ4v) is 0. The van der Waals surface area contributed by atoms with E-state index in [4.69, 9.17) is 0 Å². The lowest BCUT2D eigenvalue weighted by atomic mass is 13.9. The van der Waals surface area contributed by atoms with E-state index in [-0.39, 0.29) is 9.90 Å². The van der Waals surface area contributed by atoms with Crippen LogP contribution in [0.5, 0.6) is 0 Å². The molecule has 0 aromatic heterocycles. The van der Waals surface area contributed by atoms with Gasteiger partial charge < -0.3 is 0 Å². The molecule has 0 aromatic rings. The normalized spacial score (nSPS) is 7.00. The molecular formula is H8N2OP2. The largest absolute Gasteiger partial charge is 0.293 e. The van der Waals surface area contributed by atoms with Crippen molar-refractivity contribution in [3.8, 4) is 0 Å². The van der Waals surface area contributed by atoms with Crippen LogP contribution in [-0.4, -0.2) is 0 Å². The van der Waals surface area contributed by atoms with Crippen LogP contribution in [0.15, 0.2) is 0 Å². The molecule has 3 nitrogen and oxygen atoms in total. The smallest absolute Gasteiger partial charge is 0.194 e. The van der Waals surface area contributed by atoms with Crippen LogP contribution >= 0.6 is 18.0 Å². The van der Waals surface area contributed by atoms with E-state index in [1.165, 1.54) is 0 Å². The highest BCUT2D eigenvalue weighted by atomic mass is 31.1. The molecule has 4 N–H and O–H groups in total. The van der Waals surface area contributed by atoms with Gasteiger partial charge in [-0.05, 0) is 0 Å². The van der Waals surface area contributed by atoms with Gasteiger partial charge >= 0.3 is 0 Å². The second kappa shape index (κ2) is 4.58.